The third kappa shape index (κ3) is 3.63. The molecule has 0 saturated carbocycles. The first kappa shape index (κ1) is 17.0. The van der Waals surface area contributed by atoms with Crippen molar-refractivity contribution < 1.29 is 9.59 Å². The number of nitrogens with zero attached hydrogens (tertiary/aromatic N) is 3. The fourth-order valence-corrected chi connectivity index (χ4v) is 3.30. The first-order valence-electron chi connectivity index (χ1n) is 8.26. The fourth-order valence-electron chi connectivity index (χ4n) is 3.30. The van der Waals surface area contributed by atoms with Crippen molar-refractivity contribution in [1.29, 1.82) is 0 Å². The van der Waals surface area contributed by atoms with E-state index in [9.17, 15) is 9.59 Å². The van der Waals surface area contributed by atoms with Gasteiger partial charge in [0.15, 0.2) is 0 Å². The second kappa shape index (κ2) is 6.93. The Bertz CT molecular complexity index is 810. The molecule has 1 saturated heterocycles. The molecule has 1 fully saturated rings. The molecule has 1 aromatic heterocycles. The number of allylic oxidation sites excluding steroid dienone is 1. The summed E-state index contributed by atoms with van der Waals surface area (Å²) >= 11 is 0. The maximum atomic E-state index is 12.7. The number of benzene rings is 1. The molecule has 0 aliphatic carbocycles. The Morgan fingerprint density at radius 2 is 1.96 bits per heavy atom. The van der Waals surface area contributed by atoms with Gasteiger partial charge in [-0.25, -0.2) is 0 Å². The summed E-state index contributed by atoms with van der Waals surface area (Å²) in [6, 6.07) is 9.75. The second-order valence-electron chi connectivity index (χ2n) is 6.50. The van der Waals surface area contributed by atoms with Gasteiger partial charge in [-0.1, -0.05) is 30.3 Å². The molecule has 130 valence electrons. The van der Waals surface area contributed by atoms with E-state index in [4.69, 9.17) is 5.73 Å². The molecule has 0 unspecified atom stereocenters. The van der Waals surface area contributed by atoms with Gasteiger partial charge in [0, 0.05) is 38.3 Å². The van der Waals surface area contributed by atoms with Gasteiger partial charge < -0.3 is 10.6 Å². The molecule has 1 aromatic carbocycles. The van der Waals surface area contributed by atoms with Gasteiger partial charge in [-0.2, -0.15) is 5.10 Å². The Balaban J connectivity index is 1.79. The zero-order valence-electron chi connectivity index (χ0n) is 14.4. The molecule has 2 N–H and O–H groups in total. The van der Waals surface area contributed by atoms with Gasteiger partial charge in [-0.15, -0.1) is 0 Å². The highest BCUT2D eigenvalue weighted by atomic mass is 16.2. The quantitative estimate of drug-likeness (QED) is 0.859. The van der Waals surface area contributed by atoms with Crippen molar-refractivity contribution in [2.45, 2.75) is 12.8 Å². The highest BCUT2D eigenvalue weighted by Crippen LogP contribution is 2.32. The second-order valence-corrected chi connectivity index (χ2v) is 6.50. The van der Waals surface area contributed by atoms with Crippen LogP contribution in [-0.2, 0) is 16.6 Å². The molecule has 6 nitrogen and oxygen atoms in total. The molecular weight excluding hydrogens is 316 g/mol. The normalized spacial score (nSPS) is 20.7. The minimum atomic E-state index is -0.390. The Kier molecular flexibility index (Phi) is 4.70. The van der Waals surface area contributed by atoms with Crippen LogP contribution in [0.5, 0.6) is 0 Å². The van der Waals surface area contributed by atoms with E-state index in [0.717, 1.165) is 16.7 Å². The van der Waals surface area contributed by atoms with Gasteiger partial charge in [-0.05, 0) is 23.6 Å². The first-order valence-corrected chi connectivity index (χ1v) is 8.26. The van der Waals surface area contributed by atoms with E-state index < -0.39 is 5.92 Å². The smallest absolute Gasteiger partial charge is 0.246 e. The maximum absolute atomic E-state index is 12.7. The van der Waals surface area contributed by atoms with Crippen LogP contribution in [0.15, 0.2) is 48.8 Å². The average Bonchev–Trinajstić information content (AvgIpc) is 3.21. The lowest BCUT2D eigenvalue weighted by Gasteiger charge is -2.14. The Morgan fingerprint density at radius 1 is 1.24 bits per heavy atom. The largest absolute Gasteiger partial charge is 0.369 e. The van der Waals surface area contributed by atoms with Crippen LogP contribution >= 0.6 is 0 Å². The molecule has 2 amide bonds. The summed E-state index contributed by atoms with van der Waals surface area (Å²) in [5, 5.41) is 4.16. The standard InChI is InChI=1S/C19H22N4O2/c1-13(14-6-4-3-5-7-14)8-18(24)23-11-16(17(12-23)19(20)25)15-9-21-22(2)10-15/h3-10,16-17H,11-12H2,1-2H3,(H2,20,25)/b13-8+/t16-,17+/m1/s1. The Morgan fingerprint density at radius 3 is 2.56 bits per heavy atom. The van der Waals surface area contributed by atoms with Crippen LogP contribution in [-0.4, -0.2) is 39.6 Å². The molecule has 2 atom stereocenters. The van der Waals surface area contributed by atoms with E-state index in [1.165, 1.54) is 0 Å². The third-order valence-electron chi connectivity index (χ3n) is 4.72. The number of carbonyl (C=O) groups excluding carboxylic acids is 2. The predicted molar refractivity (Wildman–Crippen MR) is 95.3 cm³/mol. The molecule has 1 aliphatic heterocycles. The number of aryl methyl sites for hydroxylation is 1. The van der Waals surface area contributed by atoms with E-state index in [1.807, 2.05) is 50.5 Å². The molecule has 0 bridgehead atoms. The zero-order chi connectivity index (χ0) is 18.0. The number of likely N-dealkylation sites (tertiary alicyclic amines) is 1. The van der Waals surface area contributed by atoms with Crippen molar-refractivity contribution in [3.63, 3.8) is 0 Å². The summed E-state index contributed by atoms with van der Waals surface area (Å²) < 4.78 is 1.69. The van der Waals surface area contributed by atoms with Crippen LogP contribution in [0.4, 0.5) is 0 Å². The Hall–Kier alpha value is -2.89. The SMILES string of the molecule is C/C(=C\C(=O)N1C[C@H](C(N)=O)[C@@H](c2cnn(C)c2)C1)c1ccccc1. The summed E-state index contributed by atoms with van der Waals surface area (Å²) in [5.41, 5.74) is 8.40. The van der Waals surface area contributed by atoms with Crippen molar-refractivity contribution in [2.24, 2.45) is 18.7 Å². The molecule has 0 radical (unpaired) electrons. The first-order chi connectivity index (χ1) is 12.0. The molecule has 25 heavy (non-hydrogen) atoms. The van der Waals surface area contributed by atoms with E-state index in [0.29, 0.717) is 13.1 Å². The van der Waals surface area contributed by atoms with Gasteiger partial charge in [0.25, 0.3) is 0 Å². The van der Waals surface area contributed by atoms with Gasteiger partial charge in [0.1, 0.15) is 0 Å². The van der Waals surface area contributed by atoms with Gasteiger partial charge in [0.2, 0.25) is 11.8 Å². The number of carbonyl (C=O) groups is 2. The number of rotatable bonds is 4. The summed E-state index contributed by atoms with van der Waals surface area (Å²) in [5.74, 6) is -0.980. The van der Waals surface area contributed by atoms with Crippen molar-refractivity contribution >= 4 is 17.4 Å². The molecular formula is C19H22N4O2. The van der Waals surface area contributed by atoms with E-state index in [1.54, 1.807) is 21.9 Å². The highest BCUT2D eigenvalue weighted by Gasteiger charge is 2.39. The monoisotopic (exact) mass is 338 g/mol. The number of hydrogen-bond acceptors (Lipinski definition) is 3. The number of nitrogens with two attached hydrogens (primary N) is 1. The molecule has 2 heterocycles. The number of hydrogen-bond donors (Lipinski definition) is 1. The summed E-state index contributed by atoms with van der Waals surface area (Å²) in [7, 11) is 1.83. The predicted octanol–water partition coefficient (Wildman–Crippen LogP) is 1.55. The number of primary amides is 1. The van der Waals surface area contributed by atoms with Crippen LogP contribution in [0, 0.1) is 5.92 Å². The van der Waals surface area contributed by atoms with Crippen molar-refractivity contribution in [1.82, 2.24) is 14.7 Å². The van der Waals surface area contributed by atoms with Crippen molar-refractivity contribution in [3.8, 4) is 0 Å². The van der Waals surface area contributed by atoms with Crippen LogP contribution in [0.25, 0.3) is 5.57 Å². The van der Waals surface area contributed by atoms with E-state index in [-0.39, 0.29) is 17.7 Å². The summed E-state index contributed by atoms with van der Waals surface area (Å²) in [6.07, 6.45) is 5.23. The maximum Gasteiger partial charge on any atom is 0.246 e. The number of aromatic nitrogens is 2. The fraction of sp³-hybridized carbons (Fsp3) is 0.316. The molecule has 6 heteroatoms. The van der Waals surface area contributed by atoms with Crippen LogP contribution < -0.4 is 5.73 Å². The highest BCUT2D eigenvalue weighted by molar-refractivity contribution is 5.95. The van der Waals surface area contributed by atoms with Gasteiger partial charge in [-0.3, -0.25) is 14.3 Å². The summed E-state index contributed by atoms with van der Waals surface area (Å²) in [4.78, 5) is 26.2. The van der Waals surface area contributed by atoms with Gasteiger partial charge in [0.05, 0.1) is 12.1 Å². The minimum absolute atomic E-state index is 0.0982. The van der Waals surface area contributed by atoms with E-state index in [2.05, 4.69) is 5.10 Å². The van der Waals surface area contributed by atoms with Crippen LogP contribution in [0.3, 0.4) is 0 Å². The lowest BCUT2D eigenvalue weighted by atomic mass is 9.90. The zero-order valence-corrected chi connectivity index (χ0v) is 14.4. The summed E-state index contributed by atoms with van der Waals surface area (Å²) in [6.45, 7) is 2.72. The number of amides is 2. The average molecular weight is 338 g/mol. The van der Waals surface area contributed by atoms with Crippen LogP contribution in [0.2, 0.25) is 0 Å². The molecule has 3 rings (SSSR count). The third-order valence-corrected chi connectivity index (χ3v) is 4.72. The lowest BCUT2D eigenvalue weighted by Crippen LogP contribution is -2.31. The van der Waals surface area contributed by atoms with E-state index >= 15 is 0 Å². The Labute approximate surface area is 146 Å². The minimum Gasteiger partial charge on any atom is -0.369 e. The lowest BCUT2D eigenvalue weighted by molar-refractivity contribution is -0.125. The van der Waals surface area contributed by atoms with Crippen molar-refractivity contribution in [2.75, 3.05) is 13.1 Å². The van der Waals surface area contributed by atoms with Gasteiger partial charge >= 0.3 is 0 Å². The molecule has 0 spiro atoms. The molecule has 2 aromatic rings. The van der Waals surface area contributed by atoms with Crippen molar-refractivity contribution in [3.05, 3.63) is 59.9 Å². The molecule has 1 aliphatic rings. The topological polar surface area (TPSA) is 81.2 Å². The van der Waals surface area contributed by atoms with Crippen LogP contribution in [0.1, 0.15) is 24.0 Å².